The zero-order chi connectivity index (χ0) is 13.0. The van der Waals surface area contributed by atoms with Crippen molar-refractivity contribution < 1.29 is 4.79 Å². The van der Waals surface area contributed by atoms with Gasteiger partial charge in [-0.25, -0.2) is 0 Å². The molecule has 0 aromatic rings. The third-order valence-electron chi connectivity index (χ3n) is 4.66. The highest BCUT2D eigenvalue weighted by atomic mass is 16.2. The van der Waals surface area contributed by atoms with Crippen LogP contribution in [0.2, 0.25) is 0 Å². The molecule has 1 amide bonds. The van der Waals surface area contributed by atoms with E-state index in [9.17, 15) is 4.79 Å². The molecular weight excluding hydrogens is 226 g/mol. The van der Waals surface area contributed by atoms with Gasteiger partial charge >= 0.3 is 0 Å². The molecule has 4 heteroatoms. The number of rotatable bonds is 4. The first kappa shape index (κ1) is 13.8. The fourth-order valence-electron chi connectivity index (χ4n) is 3.17. The molecule has 0 aromatic carbocycles. The largest absolute Gasteiger partial charge is 0.341 e. The molecule has 0 aliphatic carbocycles. The van der Waals surface area contributed by atoms with E-state index in [2.05, 4.69) is 17.6 Å². The van der Waals surface area contributed by atoms with Gasteiger partial charge in [0.25, 0.3) is 0 Å². The average molecular weight is 253 g/mol. The Kier molecular flexibility index (Phi) is 5.01. The van der Waals surface area contributed by atoms with Gasteiger partial charge in [0.05, 0.1) is 0 Å². The maximum atomic E-state index is 12.3. The number of nitrogens with zero attached hydrogens (tertiary/aromatic N) is 1. The predicted octanol–water partition coefficient (Wildman–Crippen LogP) is 0.833. The highest BCUT2D eigenvalue weighted by Gasteiger charge is 2.27. The van der Waals surface area contributed by atoms with Crippen molar-refractivity contribution in [2.45, 2.75) is 38.6 Å². The number of hydrogen-bond donors (Lipinski definition) is 2. The van der Waals surface area contributed by atoms with E-state index in [0.29, 0.717) is 17.9 Å². The van der Waals surface area contributed by atoms with E-state index in [0.717, 1.165) is 44.9 Å². The average Bonchev–Trinajstić information content (AvgIpc) is 2.92. The first-order valence-electron chi connectivity index (χ1n) is 7.35. The van der Waals surface area contributed by atoms with Gasteiger partial charge in [0, 0.05) is 26.1 Å². The summed E-state index contributed by atoms with van der Waals surface area (Å²) in [6.45, 7) is 6.49. The lowest BCUT2D eigenvalue weighted by molar-refractivity contribution is -0.133. The molecule has 4 nitrogen and oxygen atoms in total. The molecule has 0 saturated carbocycles. The minimum atomic E-state index is 0.328. The third kappa shape index (κ3) is 3.45. The Labute approximate surface area is 110 Å². The summed E-state index contributed by atoms with van der Waals surface area (Å²) in [5.41, 5.74) is 0. The van der Waals surface area contributed by atoms with Gasteiger partial charge in [-0.1, -0.05) is 6.92 Å². The first-order chi connectivity index (χ1) is 8.68. The van der Waals surface area contributed by atoms with E-state index in [4.69, 9.17) is 0 Å². The Morgan fingerprint density at radius 2 is 1.89 bits per heavy atom. The van der Waals surface area contributed by atoms with Crippen molar-refractivity contribution in [2.24, 2.45) is 11.8 Å². The van der Waals surface area contributed by atoms with Gasteiger partial charge in [0.15, 0.2) is 0 Å². The summed E-state index contributed by atoms with van der Waals surface area (Å²) in [4.78, 5) is 14.2. The first-order valence-corrected chi connectivity index (χ1v) is 7.35. The van der Waals surface area contributed by atoms with E-state index in [1.54, 1.807) is 0 Å². The molecule has 2 aliphatic rings. The normalized spacial score (nSPS) is 27.1. The Bertz CT molecular complexity index is 270. The van der Waals surface area contributed by atoms with Gasteiger partial charge in [-0.3, -0.25) is 4.79 Å². The summed E-state index contributed by atoms with van der Waals surface area (Å²) >= 11 is 0. The number of carbonyl (C=O) groups excluding carboxylic acids is 1. The molecule has 0 aromatic heterocycles. The molecule has 2 N–H and O–H groups in total. The summed E-state index contributed by atoms with van der Waals surface area (Å²) in [5.74, 6) is 1.58. The standard InChI is InChI=1S/C14H27N3O/c1-11(12-3-6-15-7-4-12)9-14(18)17(2)13-5-8-16-10-13/h11-13,15-16H,3-10H2,1-2H3. The van der Waals surface area contributed by atoms with Crippen LogP contribution in [-0.2, 0) is 4.79 Å². The van der Waals surface area contributed by atoms with Gasteiger partial charge in [-0.15, -0.1) is 0 Å². The van der Waals surface area contributed by atoms with Gasteiger partial charge in [-0.05, 0) is 50.7 Å². The maximum Gasteiger partial charge on any atom is 0.222 e. The zero-order valence-corrected chi connectivity index (χ0v) is 11.7. The van der Waals surface area contributed by atoms with Crippen LogP contribution in [0, 0.1) is 11.8 Å². The number of likely N-dealkylation sites (N-methyl/N-ethyl adjacent to an activating group) is 1. The minimum Gasteiger partial charge on any atom is -0.341 e. The molecule has 2 saturated heterocycles. The third-order valence-corrected chi connectivity index (χ3v) is 4.66. The second-order valence-corrected chi connectivity index (χ2v) is 5.92. The molecule has 2 rings (SSSR count). The van der Waals surface area contributed by atoms with Crippen molar-refractivity contribution in [1.82, 2.24) is 15.5 Å². The fraction of sp³-hybridized carbons (Fsp3) is 0.929. The molecule has 104 valence electrons. The van der Waals surface area contributed by atoms with E-state index < -0.39 is 0 Å². The smallest absolute Gasteiger partial charge is 0.222 e. The molecule has 0 bridgehead atoms. The topological polar surface area (TPSA) is 44.4 Å². The summed E-state index contributed by atoms with van der Waals surface area (Å²) in [5, 5.41) is 6.71. The number of carbonyl (C=O) groups is 1. The summed E-state index contributed by atoms with van der Waals surface area (Å²) in [6.07, 6.45) is 4.27. The van der Waals surface area contributed by atoms with Crippen LogP contribution in [0.4, 0.5) is 0 Å². The second kappa shape index (κ2) is 6.53. The summed E-state index contributed by atoms with van der Waals surface area (Å²) in [6, 6.07) is 0.415. The molecule has 2 fully saturated rings. The van der Waals surface area contributed by atoms with E-state index in [1.807, 2.05) is 11.9 Å². The second-order valence-electron chi connectivity index (χ2n) is 5.92. The number of nitrogens with one attached hydrogen (secondary N) is 2. The van der Waals surface area contributed by atoms with Crippen LogP contribution >= 0.6 is 0 Å². The molecule has 2 unspecified atom stereocenters. The highest BCUT2D eigenvalue weighted by Crippen LogP contribution is 2.25. The van der Waals surface area contributed by atoms with Gasteiger partial charge in [0.2, 0.25) is 5.91 Å². The van der Waals surface area contributed by atoms with Crippen LogP contribution in [0.25, 0.3) is 0 Å². The maximum absolute atomic E-state index is 12.3. The number of amides is 1. The molecule has 2 aliphatic heterocycles. The monoisotopic (exact) mass is 253 g/mol. The highest BCUT2D eigenvalue weighted by molar-refractivity contribution is 5.76. The number of piperidine rings is 1. The molecular formula is C14H27N3O. The molecule has 0 spiro atoms. The van der Waals surface area contributed by atoms with Crippen molar-refractivity contribution in [1.29, 1.82) is 0 Å². The number of hydrogen-bond acceptors (Lipinski definition) is 3. The lowest BCUT2D eigenvalue weighted by atomic mass is 9.84. The Hall–Kier alpha value is -0.610. The molecule has 2 atom stereocenters. The van der Waals surface area contributed by atoms with E-state index >= 15 is 0 Å². The van der Waals surface area contributed by atoms with Crippen LogP contribution < -0.4 is 10.6 Å². The fourth-order valence-corrected chi connectivity index (χ4v) is 3.17. The summed E-state index contributed by atoms with van der Waals surface area (Å²) in [7, 11) is 1.97. The SMILES string of the molecule is CC(CC(=O)N(C)C1CCNC1)C1CCNCC1. The Morgan fingerprint density at radius 3 is 2.50 bits per heavy atom. The van der Waals surface area contributed by atoms with Crippen molar-refractivity contribution in [3.05, 3.63) is 0 Å². The lowest BCUT2D eigenvalue weighted by Gasteiger charge is -2.30. The molecule has 18 heavy (non-hydrogen) atoms. The predicted molar refractivity (Wildman–Crippen MR) is 73.4 cm³/mol. The van der Waals surface area contributed by atoms with E-state index in [-0.39, 0.29) is 0 Å². The van der Waals surface area contributed by atoms with Crippen molar-refractivity contribution in [3.63, 3.8) is 0 Å². The van der Waals surface area contributed by atoms with Gasteiger partial charge < -0.3 is 15.5 Å². The van der Waals surface area contributed by atoms with Crippen LogP contribution in [0.15, 0.2) is 0 Å². The Morgan fingerprint density at radius 1 is 1.22 bits per heavy atom. The summed E-state index contributed by atoms with van der Waals surface area (Å²) < 4.78 is 0. The quantitative estimate of drug-likeness (QED) is 0.780. The van der Waals surface area contributed by atoms with Crippen LogP contribution in [0.5, 0.6) is 0 Å². The Balaban J connectivity index is 1.78. The van der Waals surface area contributed by atoms with Gasteiger partial charge in [0.1, 0.15) is 0 Å². The van der Waals surface area contributed by atoms with Crippen molar-refractivity contribution in [2.75, 3.05) is 33.2 Å². The van der Waals surface area contributed by atoms with Crippen molar-refractivity contribution in [3.8, 4) is 0 Å². The van der Waals surface area contributed by atoms with Crippen LogP contribution in [0.3, 0.4) is 0 Å². The van der Waals surface area contributed by atoms with Crippen LogP contribution in [0.1, 0.15) is 32.6 Å². The zero-order valence-electron chi connectivity index (χ0n) is 11.7. The van der Waals surface area contributed by atoms with E-state index in [1.165, 1.54) is 12.8 Å². The lowest BCUT2D eigenvalue weighted by Crippen LogP contribution is -2.40. The van der Waals surface area contributed by atoms with Crippen molar-refractivity contribution >= 4 is 5.91 Å². The molecule has 2 heterocycles. The van der Waals surface area contributed by atoms with Gasteiger partial charge in [-0.2, -0.15) is 0 Å². The minimum absolute atomic E-state index is 0.328. The molecule has 0 radical (unpaired) electrons. The van der Waals surface area contributed by atoms with Crippen LogP contribution in [-0.4, -0.2) is 50.1 Å².